The summed E-state index contributed by atoms with van der Waals surface area (Å²) in [6.45, 7) is 4.16. The van der Waals surface area contributed by atoms with Gasteiger partial charge >= 0.3 is 0 Å². The van der Waals surface area contributed by atoms with E-state index in [1.54, 1.807) is 12.1 Å². The molecule has 1 aromatic carbocycles. The molecule has 1 saturated heterocycles. The fourth-order valence-electron chi connectivity index (χ4n) is 3.88. The SMILES string of the molecule is COc1ccc([C@@H](C2CCCC2)N2CCNCC2)cc1F.Cl.Cl. The minimum Gasteiger partial charge on any atom is -0.494 e. The quantitative estimate of drug-likeness (QED) is 0.878. The van der Waals surface area contributed by atoms with E-state index in [9.17, 15) is 4.39 Å². The van der Waals surface area contributed by atoms with Crippen LogP contribution >= 0.6 is 24.8 Å². The number of methoxy groups -OCH3 is 1. The molecule has 0 amide bonds. The summed E-state index contributed by atoms with van der Waals surface area (Å²) in [7, 11) is 1.52. The number of nitrogens with one attached hydrogen (secondary N) is 1. The molecule has 1 heterocycles. The third-order valence-electron chi connectivity index (χ3n) is 4.91. The smallest absolute Gasteiger partial charge is 0.165 e. The van der Waals surface area contributed by atoms with Gasteiger partial charge in [0.15, 0.2) is 11.6 Å². The first-order valence-corrected chi connectivity index (χ1v) is 8.08. The fraction of sp³-hybridized carbons (Fsp3) is 0.647. The molecule has 1 aliphatic heterocycles. The number of ether oxygens (including phenoxy) is 1. The summed E-state index contributed by atoms with van der Waals surface area (Å²) in [6, 6.07) is 5.86. The molecule has 6 heteroatoms. The van der Waals surface area contributed by atoms with Gasteiger partial charge in [-0.1, -0.05) is 18.9 Å². The largest absolute Gasteiger partial charge is 0.494 e. The van der Waals surface area contributed by atoms with Gasteiger partial charge < -0.3 is 10.1 Å². The molecule has 2 fully saturated rings. The molecular weight excluding hydrogens is 338 g/mol. The Labute approximate surface area is 150 Å². The molecule has 0 spiro atoms. The van der Waals surface area contributed by atoms with E-state index < -0.39 is 0 Å². The van der Waals surface area contributed by atoms with Crippen LogP contribution in [0.1, 0.15) is 37.3 Å². The highest BCUT2D eigenvalue weighted by Gasteiger charge is 2.32. The molecule has 0 unspecified atom stereocenters. The van der Waals surface area contributed by atoms with Crippen LogP contribution in [0.25, 0.3) is 0 Å². The van der Waals surface area contributed by atoms with Crippen LogP contribution in [0, 0.1) is 11.7 Å². The molecule has 132 valence electrons. The summed E-state index contributed by atoms with van der Waals surface area (Å²) < 4.78 is 19.2. The number of halogens is 3. The zero-order valence-electron chi connectivity index (χ0n) is 13.6. The Kier molecular flexibility index (Phi) is 8.62. The van der Waals surface area contributed by atoms with Crippen molar-refractivity contribution in [2.45, 2.75) is 31.7 Å². The lowest BCUT2D eigenvalue weighted by molar-refractivity contribution is 0.125. The third kappa shape index (κ3) is 4.72. The summed E-state index contributed by atoms with van der Waals surface area (Å²) in [5, 5.41) is 3.41. The van der Waals surface area contributed by atoms with Crippen molar-refractivity contribution in [1.29, 1.82) is 0 Å². The summed E-state index contributed by atoms with van der Waals surface area (Å²) in [4.78, 5) is 2.54. The number of piperazine rings is 1. The van der Waals surface area contributed by atoms with Gasteiger partial charge in [0.25, 0.3) is 0 Å². The van der Waals surface area contributed by atoms with Crippen molar-refractivity contribution in [2.24, 2.45) is 5.92 Å². The molecule has 1 atom stereocenters. The van der Waals surface area contributed by atoms with Gasteiger partial charge in [-0.25, -0.2) is 4.39 Å². The molecule has 3 nitrogen and oxygen atoms in total. The Balaban J connectivity index is 0.00000132. The van der Waals surface area contributed by atoms with Gasteiger partial charge in [0.05, 0.1) is 7.11 Å². The average Bonchev–Trinajstić information content (AvgIpc) is 3.03. The monoisotopic (exact) mass is 364 g/mol. The van der Waals surface area contributed by atoms with Crippen molar-refractivity contribution < 1.29 is 9.13 Å². The lowest BCUT2D eigenvalue weighted by Gasteiger charge is -2.38. The minimum atomic E-state index is -0.242. The van der Waals surface area contributed by atoms with Crippen molar-refractivity contribution >= 4 is 24.8 Å². The highest BCUT2D eigenvalue weighted by molar-refractivity contribution is 5.85. The van der Waals surface area contributed by atoms with Crippen molar-refractivity contribution in [3.63, 3.8) is 0 Å². The zero-order valence-corrected chi connectivity index (χ0v) is 15.2. The topological polar surface area (TPSA) is 24.5 Å². The second-order valence-electron chi connectivity index (χ2n) is 6.17. The maximum Gasteiger partial charge on any atom is 0.165 e. The number of nitrogens with zero attached hydrogens (tertiary/aromatic N) is 1. The van der Waals surface area contributed by atoms with E-state index in [-0.39, 0.29) is 30.6 Å². The van der Waals surface area contributed by atoms with Crippen molar-refractivity contribution in [2.75, 3.05) is 33.3 Å². The highest BCUT2D eigenvalue weighted by Crippen LogP contribution is 2.40. The second-order valence-corrected chi connectivity index (χ2v) is 6.17. The van der Waals surface area contributed by atoms with Crippen LogP contribution in [0.15, 0.2) is 18.2 Å². The minimum absolute atomic E-state index is 0. The highest BCUT2D eigenvalue weighted by atomic mass is 35.5. The molecule has 3 rings (SSSR count). The Morgan fingerprint density at radius 3 is 2.39 bits per heavy atom. The summed E-state index contributed by atoms with van der Waals surface area (Å²) in [5.41, 5.74) is 1.11. The molecule has 1 aromatic rings. The Hall–Kier alpha value is -0.550. The number of benzene rings is 1. The average molecular weight is 365 g/mol. The second kappa shape index (κ2) is 9.67. The lowest BCUT2D eigenvalue weighted by atomic mass is 9.89. The zero-order chi connectivity index (χ0) is 14.7. The standard InChI is InChI=1S/C17H25FN2O.2ClH/c1-21-16-7-6-14(12-15(16)18)17(13-4-2-3-5-13)20-10-8-19-9-11-20;;/h6-7,12-13,17,19H,2-5,8-11H2,1H3;2*1H/t17-;;/m1../s1. The molecular formula is C17H27Cl2FN2O. The van der Waals surface area contributed by atoms with Crippen molar-refractivity contribution in [3.8, 4) is 5.75 Å². The van der Waals surface area contributed by atoms with Gasteiger partial charge in [0.2, 0.25) is 0 Å². The molecule has 1 saturated carbocycles. The van der Waals surface area contributed by atoms with Crippen LogP contribution in [0.4, 0.5) is 4.39 Å². The van der Waals surface area contributed by atoms with E-state index in [2.05, 4.69) is 10.2 Å². The van der Waals surface area contributed by atoms with Crippen LogP contribution < -0.4 is 10.1 Å². The molecule has 1 N–H and O–H groups in total. The van der Waals surface area contributed by atoms with E-state index >= 15 is 0 Å². The van der Waals surface area contributed by atoms with Gasteiger partial charge in [-0.3, -0.25) is 4.90 Å². The number of hydrogen-bond donors (Lipinski definition) is 1. The van der Waals surface area contributed by atoms with Gasteiger partial charge in [0, 0.05) is 32.2 Å². The van der Waals surface area contributed by atoms with Crippen LogP contribution in [-0.2, 0) is 0 Å². The van der Waals surface area contributed by atoms with Gasteiger partial charge in [0.1, 0.15) is 0 Å². The van der Waals surface area contributed by atoms with Crippen LogP contribution in [-0.4, -0.2) is 38.2 Å². The molecule has 0 aromatic heterocycles. The Morgan fingerprint density at radius 1 is 1.17 bits per heavy atom. The summed E-state index contributed by atoms with van der Waals surface area (Å²) in [6.07, 6.45) is 5.16. The third-order valence-corrected chi connectivity index (χ3v) is 4.91. The lowest BCUT2D eigenvalue weighted by Crippen LogP contribution is -2.46. The number of hydrogen-bond acceptors (Lipinski definition) is 3. The number of rotatable bonds is 4. The van der Waals surface area contributed by atoms with Crippen molar-refractivity contribution in [3.05, 3.63) is 29.6 Å². The van der Waals surface area contributed by atoms with Crippen LogP contribution in [0.5, 0.6) is 5.75 Å². The maximum atomic E-state index is 14.1. The summed E-state index contributed by atoms with van der Waals surface area (Å²) in [5.74, 6) is 0.758. The normalized spacial score (nSPS) is 20.4. The first-order valence-electron chi connectivity index (χ1n) is 8.08. The fourth-order valence-corrected chi connectivity index (χ4v) is 3.88. The van der Waals surface area contributed by atoms with Crippen molar-refractivity contribution in [1.82, 2.24) is 10.2 Å². The van der Waals surface area contributed by atoms with E-state index in [0.717, 1.165) is 31.7 Å². The Bertz CT molecular complexity index is 478. The van der Waals surface area contributed by atoms with Gasteiger partial charge in [-0.15, -0.1) is 24.8 Å². The molecule has 0 radical (unpaired) electrons. The van der Waals surface area contributed by atoms with E-state index in [0.29, 0.717) is 17.7 Å². The van der Waals surface area contributed by atoms with Gasteiger partial charge in [-0.05, 0) is 36.5 Å². The summed E-state index contributed by atoms with van der Waals surface area (Å²) >= 11 is 0. The maximum absolute atomic E-state index is 14.1. The Morgan fingerprint density at radius 2 is 1.83 bits per heavy atom. The molecule has 2 aliphatic rings. The van der Waals surface area contributed by atoms with E-state index in [1.807, 2.05) is 6.07 Å². The van der Waals surface area contributed by atoms with E-state index in [4.69, 9.17) is 4.74 Å². The molecule has 0 bridgehead atoms. The predicted octanol–water partition coefficient (Wildman–Crippen LogP) is 3.81. The van der Waals surface area contributed by atoms with E-state index in [1.165, 1.54) is 32.8 Å². The predicted molar refractivity (Wildman–Crippen MR) is 96.6 cm³/mol. The first-order chi connectivity index (χ1) is 10.3. The molecule has 1 aliphatic carbocycles. The van der Waals surface area contributed by atoms with Crippen LogP contribution in [0.2, 0.25) is 0 Å². The first kappa shape index (κ1) is 20.5. The molecule has 23 heavy (non-hydrogen) atoms. The van der Waals surface area contributed by atoms with Gasteiger partial charge in [-0.2, -0.15) is 0 Å². The van der Waals surface area contributed by atoms with Crippen LogP contribution in [0.3, 0.4) is 0 Å².